The first kappa shape index (κ1) is 23.3. The van der Waals surface area contributed by atoms with Crippen molar-refractivity contribution in [2.24, 2.45) is 17.6 Å². The summed E-state index contributed by atoms with van der Waals surface area (Å²) < 4.78 is 0. The van der Waals surface area contributed by atoms with Gasteiger partial charge in [-0.15, -0.1) is 0 Å². The molecule has 2 fully saturated rings. The van der Waals surface area contributed by atoms with Gasteiger partial charge in [0.25, 0.3) is 5.91 Å². The number of hydrogen-bond donors (Lipinski definition) is 5. The van der Waals surface area contributed by atoms with Crippen LogP contribution in [0.15, 0.2) is 34.6 Å². The third-order valence-electron chi connectivity index (χ3n) is 8.00. The number of likely N-dealkylation sites (N-methyl/N-ethyl adjacent to an activating group) is 1. The van der Waals surface area contributed by atoms with Crippen LogP contribution in [0.5, 0.6) is 5.75 Å². The highest BCUT2D eigenvalue weighted by atomic mass is 16.3. The van der Waals surface area contributed by atoms with Crippen molar-refractivity contribution in [3.05, 3.63) is 51.3 Å². The molecule has 1 amide bonds. The molecule has 184 valence electrons. The molecular weight excluding hydrogens is 452 g/mol. The molecular formula is C26H28N2O7. The third-order valence-corrected chi connectivity index (χ3v) is 8.00. The molecule has 35 heavy (non-hydrogen) atoms. The van der Waals surface area contributed by atoms with Crippen molar-refractivity contribution < 1.29 is 34.8 Å². The van der Waals surface area contributed by atoms with Crippen molar-refractivity contribution in [2.45, 2.75) is 43.7 Å². The van der Waals surface area contributed by atoms with Gasteiger partial charge in [-0.05, 0) is 69.3 Å². The van der Waals surface area contributed by atoms with Crippen molar-refractivity contribution in [1.29, 1.82) is 0 Å². The fraction of sp³-hybridized carbons (Fsp3) is 0.423. The Morgan fingerprint density at radius 3 is 2.43 bits per heavy atom. The number of amides is 1. The molecule has 0 heterocycles. The van der Waals surface area contributed by atoms with E-state index in [9.17, 15) is 34.8 Å². The van der Waals surface area contributed by atoms with Crippen LogP contribution in [0.25, 0.3) is 11.8 Å². The number of benzene rings is 1. The summed E-state index contributed by atoms with van der Waals surface area (Å²) in [5, 5.41) is 44.3. The predicted octanol–water partition coefficient (Wildman–Crippen LogP) is 1.53. The molecule has 5 rings (SSSR count). The van der Waals surface area contributed by atoms with Gasteiger partial charge in [0.15, 0.2) is 11.4 Å². The van der Waals surface area contributed by atoms with E-state index in [1.54, 1.807) is 20.2 Å². The minimum absolute atomic E-state index is 0.0808. The maximum Gasteiger partial charge on any atom is 0.255 e. The van der Waals surface area contributed by atoms with Crippen LogP contribution in [-0.2, 0) is 20.8 Å². The van der Waals surface area contributed by atoms with Crippen molar-refractivity contribution in [2.75, 3.05) is 14.1 Å². The fourth-order valence-electron chi connectivity index (χ4n) is 6.15. The van der Waals surface area contributed by atoms with Gasteiger partial charge in [-0.25, -0.2) is 0 Å². The zero-order valence-corrected chi connectivity index (χ0v) is 19.5. The molecule has 0 unspecified atom stereocenters. The predicted molar refractivity (Wildman–Crippen MR) is 126 cm³/mol. The van der Waals surface area contributed by atoms with E-state index in [1.807, 2.05) is 6.08 Å². The molecule has 0 saturated heterocycles. The Hall–Kier alpha value is -3.43. The number of carbonyl (C=O) groups is 3. The van der Waals surface area contributed by atoms with Crippen molar-refractivity contribution in [1.82, 2.24) is 4.90 Å². The van der Waals surface area contributed by atoms with Crippen LogP contribution < -0.4 is 5.73 Å². The lowest BCUT2D eigenvalue weighted by Gasteiger charge is -2.50. The number of phenolic OH excluding ortho intramolecular Hbond substituents is 1. The van der Waals surface area contributed by atoms with Crippen LogP contribution in [0.4, 0.5) is 0 Å². The first-order valence-electron chi connectivity index (χ1n) is 11.7. The van der Waals surface area contributed by atoms with E-state index in [1.165, 1.54) is 16.5 Å². The summed E-state index contributed by atoms with van der Waals surface area (Å²) in [7, 11) is 3.16. The first-order valence-corrected chi connectivity index (χ1v) is 11.7. The molecule has 0 bridgehead atoms. The number of allylic oxidation sites excluding steroid dienone is 1. The number of nitrogens with two attached hydrogens (primary N) is 1. The maximum atomic E-state index is 13.8. The van der Waals surface area contributed by atoms with E-state index in [-0.39, 0.29) is 23.3 Å². The monoisotopic (exact) mass is 480 g/mol. The zero-order chi connectivity index (χ0) is 25.4. The highest BCUT2D eigenvalue weighted by Gasteiger charge is 2.64. The average Bonchev–Trinajstić information content (AvgIpc) is 2.74. The maximum absolute atomic E-state index is 13.8. The molecule has 0 aliphatic heterocycles. The van der Waals surface area contributed by atoms with Crippen LogP contribution in [-0.4, -0.2) is 68.5 Å². The van der Waals surface area contributed by atoms with Crippen molar-refractivity contribution in [3.63, 3.8) is 0 Å². The van der Waals surface area contributed by atoms with Gasteiger partial charge in [-0.2, -0.15) is 0 Å². The molecule has 1 aromatic carbocycles. The number of aliphatic hydroxyl groups is 3. The van der Waals surface area contributed by atoms with Gasteiger partial charge in [-0.1, -0.05) is 17.7 Å². The van der Waals surface area contributed by atoms with E-state index in [2.05, 4.69) is 0 Å². The van der Waals surface area contributed by atoms with Crippen LogP contribution in [0, 0.1) is 11.8 Å². The first-order chi connectivity index (χ1) is 16.5. The Bertz CT molecular complexity index is 1280. The molecule has 4 atom stereocenters. The minimum Gasteiger partial charge on any atom is -0.508 e. The second-order valence-corrected chi connectivity index (χ2v) is 10.1. The standard InChI is InChI=1S/C26H28N2O7/c1-28(2)20-15-10-13-9-14-12(8-11-4-3-5-11)6-7-16(29)18(14)21(30)17(13)23(32)26(15,35)24(33)19(22(20)31)25(27)34/h6-8,13,15,20,29-30,33,35H,3-5,9-10H2,1-2H3,(H2,27,34)/t13-,15-,20-,26-/m1/s1. The summed E-state index contributed by atoms with van der Waals surface area (Å²) in [6, 6.07) is 2.14. The number of nitrogens with zero attached hydrogens (tertiary/aromatic N) is 1. The Kier molecular flexibility index (Phi) is 5.19. The number of Topliss-reactive ketones (excluding diaryl/α,β-unsaturated/α-hetero) is 2. The van der Waals surface area contributed by atoms with Gasteiger partial charge in [0, 0.05) is 11.5 Å². The number of aromatic hydroxyl groups is 1. The van der Waals surface area contributed by atoms with Crippen LogP contribution in [0.1, 0.15) is 42.4 Å². The number of primary amides is 1. The van der Waals surface area contributed by atoms with Gasteiger partial charge >= 0.3 is 0 Å². The van der Waals surface area contributed by atoms with Gasteiger partial charge in [0.05, 0.1) is 11.6 Å². The van der Waals surface area contributed by atoms with E-state index >= 15 is 0 Å². The number of ketones is 2. The Balaban J connectivity index is 1.72. The number of hydrogen-bond acceptors (Lipinski definition) is 8. The average molecular weight is 481 g/mol. The summed E-state index contributed by atoms with van der Waals surface area (Å²) >= 11 is 0. The van der Waals surface area contributed by atoms with E-state index in [0.29, 0.717) is 12.0 Å². The summed E-state index contributed by atoms with van der Waals surface area (Å²) in [5.74, 6) is -6.41. The number of aliphatic hydroxyl groups excluding tert-OH is 2. The highest BCUT2D eigenvalue weighted by Crippen LogP contribution is 2.53. The molecule has 9 nitrogen and oxygen atoms in total. The summed E-state index contributed by atoms with van der Waals surface area (Å²) in [4.78, 5) is 40.4. The molecule has 2 saturated carbocycles. The molecule has 0 radical (unpaired) electrons. The molecule has 1 aromatic rings. The van der Waals surface area contributed by atoms with E-state index < -0.39 is 58.0 Å². The largest absolute Gasteiger partial charge is 0.508 e. The molecule has 9 heteroatoms. The quantitative estimate of drug-likeness (QED) is 0.407. The second-order valence-electron chi connectivity index (χ2n) is 10.1. The molecule has 4 aliphatic carbocycles. The van der Waals surface area contributed by atoms with Crippen LogP contribution >= 0.6 is 0 Å². The van der Waals surface area contributed by atoms with Crippen LogP contribution in [0.3, 0.4) is 0 Å². The van der Waals surface area contributed by atoms with Gasteiger partial charge in [0.1, 0.15) is 22.8 Å². The number of carbonyl (C=O) groups excluding carboxylic acids is 3. The topological polar surface area (TPSA) is 161 Å². The fourth-order valence-corrected chi connectivity index (χ4v) is 6.15. The molecule has 6 N–H and O–H groups in total. The Morgan fingerprint density at radius 2 is 1.86 bits per heavy atom. The van der Waals surface area contributed by atoms with Gasteiger partial charge in [0.2, 0.25) is 5.78 Å². The smallest absolute Gasteiger partial charge is 0.255 e. The third kappa shape index (κ3) is 3.11. The molecule has 4 aliphatic rings. The van der Waals surface area contributed by atoms with Crippen molar-refractivity contribution >= 4 is 29.3 Å². The second kappa shape index (κ2) is 7.79. The van der Waals surface area contributed by atoms with E-state index in [0.717, 1.165) is 24.8 Å². The molecule has 0 spiro atoms. The van der Waals surface area contributed by atoms with Crippen molar-refractivity contribution in [3.8, 4) is 5.75 Å². The summed E-state index contributed by atoms with van der Waals surface area (Å²) in [6.07, 6.45) is 5.50. The number of phenols is 1. The minimum atomic E-state index is -2.62. The number of rotatable bonds is 3. The lowest BCUT2D eigenvalue weighted by molar-refractivity contribution is -0.153. The lowest BCUT2D eigenvalue weighted by Crippen LogP contribution is -2.65. The normalized spacial score (nSPS) is 30.1. The van der Waals surface area contributed by atoms with Crippen LogP contribution in [0.2, 0.25) is 0 Å². The molecule has 0 aromatic heterocycles. The highest BCUT2D eigenvalue weighted by molar-refractivity contribution is 6.24. The van der Waals surface area contributed by atoms with Gasteiger partial charge < -0.3 is 26.2 Å². The zero-order valence-electron chi connectivity index (χ0n) is 19.5. The SMILES string of the molecule is CN(C)[C@H]1C(=O)C(C(N)=O)=C(O)[C@]2(O)C(=O)C3=C(O)c4c(O)ccc(C=C5CCC5)c4C[C@@H]3C[C@H]12. The summed E-state index contributed by atoms with van der Waals surface area (Å²) in [5.41, 5.74) is 4.68. The Labute approximate surface area is 201 Å². The Morgan fingerprint density at radius 1 is 1.17 bits per heavy atom. The van der Waals surface area contributed by atoms with Gasteiger partial charge in [-0.3, -0.25) is 19.3 Å². The number of fused-ring (bicyclic) bond motifs is 3. The lowest BCUT2D eigenvalue weighted by atomic mass is 9.57. The summed E-state index contributed by atoms with van der Waals surface area (Å²) in [6.45, 7) is 0. The van der Waals surface area contributed by atoms with E-state index in [4.69, 9.17) is 5.73 Å².